The fourth-order valence-electron chi connectivity index (χ4n) is 2.36. The molecule has 0 heterocycles. The molecule has 2 unspecified atom stereocenters. The lowest BCUT2D eigenvalue weighted by Crippen LogP contribution is -2.36. The van der Waals surface area contributed by atoms with E-state index in [4.69, 9.17) is 5.73 Å². The van der Waals surface area contributed by atoms with E-state index in [0.29, 0.717) is 5.92 Å². The molecule has 0 aliphatic heterocycles. The van der Waals surface area contributed by atoms with Crippen LogP contribution in [0, 0.1) is 17.6 Å². The maximum Gasteiger partial charge on any atom is 0.253 e. The molecule has 1 aliphatic rings. The molecule has 0 saturated heterocycles. The molecule has 1 aromatic rings. The zero-order valence-corrected chi connectivity index (χ0v) is 10.2. The summed E-state index contributed by atoms with van der Waals surface area (Å²) in [7, 11) is 0. The summed E-state index contributed by atoms with van der Waals surface area (Å²) >= 11 is 0. The first-order valence-corrected chi connectivity index (χ1v) is 6.04. The van der Waals surface area contributed by atoms with Crippen LogP contribution in [0.15, 0.2) is 12.1 Å². The van der Waals surface area contributed by atoms with Gasteiger partial charge >= 0.3 is 0 Å². The average Bonchev–Trinajstić information content (AvgIpc) is 2.69. The molecule has 1 aliphatic carbocycles. The van der Waals surface area contributed by atoms with Crippen molar-refractivity contribution in [1.29, 1.82) is 0 Å². The molecule has 3 N–H and O–H groups in total. The molecule has 3 nitrogen and oxygen atoms in total. The molecule has 2 atom stereocenters. The summed E-state index contributed by atoms with van der Waals surface area (Å²) in [6.07, 6.45) is 3.05. The van der Waals surface area contributed by atoms with Crippen LogP contribution >= 0.6 is 0 Å². The number of amides is 1. The maximum absolute atomic E-state index is 13.1. The van der Waals surface area contributed by atoms with Crippen LogP contribution in [0.2, 0.25) is 0 Å². The van der Waals surface area contributed by atoms with E-state index in [1.807, 2.05) is 0 Å². The highest BCUT2D eigenvalue weighted by Crippen LogP contribution is 2.25. The molecule has 5 heteroatoms. The Bertz CT molecular complexity index is 476. The minimum Gasteiger partial charge on any atom is -0.398 e. The summed E-state index contributed by atoms with van der Waals surface area (Å²) < 4.78 is 26.0. The first-order valence-electron chi connectivity index (χ1n) is 6.04. The van der Waals surface area contributed by atoms with Crippen LogP contribution in [0.3, 0.4) is 0 Å². The van der Waals surface area contributed by atoms with Gasteiger partial charge in [-0.05, 0) is 24.8 Å². The predicted octanol–water partition coefficient (Wildman–Crippen LogP) is 2.47. The summed E-state index contributed by atoms with van der Waals surface area (Å²) in [6.45, 7) is 2.06. The molecule has 98 valence electrons. The third kappa shape index (κ3) is 2.44. The standard InChI is InChI=1S/C13H16F2N2O/c1-7-3-2-4-12(7)17-13(18)8-5-9(14)10(15)6-11(8)16/h5-7,12H,2-4,16H2,1H3,(H,17,18). The summed E-state index contributed by atoms with van der Waals surface area (Å²) in [5.41, 5.74) is 5.48. The molecule has 1 fully saturated rings. The first-order chi connectivity index (χ1) is 8.49. The molecule has 0 bridgehead atoms. The minimum absolute atomic E-state index is 0.00648. The molecule has 0 radical (unpaired) electrons. The van der Waals surface area contributed by atoms with Crippen molar-refractivity contribution in [3.63, 3.8) is 0 Å². The van der Waals surface area contributed by atoms with Crippen molar-refractivity contribution in [3.05, 3.63) is 29.3 Å². The number of nitrogens with one attached hydrogen (secondary N) is 1. The zero-order valence-electron chi connectivity index (χ0n) is 10.2. The van der Waals surface area contributed by atoms with Gasteiger partial charge in [0.2, 0.25) is 0 Å². The molecule has 0 spiro atoms. The Morgan fingerprint density at radius 3 is 2.61 bits per heavy atom. The number of carbonyl (C=O) groups excluding carboxylic acids is 1. The number of hydrogen-bond acceptors (Lipinski definition) is 2. The molecule has 2 rings (SSSR count). The van der Waals surface area contributed by atoms with Gasteiger partial charge in [0.25, 0.3) is 5.91 Å². The molecular formula is C13H16F2N2O. The lowest BCUT2D eigenvalue weighted by molar-refractivity contribution is 0.0930. The summed E-state index contributed by atoms with van der Waals surface area (Å²) in [4.78, 5) is 12.0. The molecule has 18 heavy (non-hydrogen) atoms. The van der Waals surface area contributed by atoms with E-state index < -0.39 is 17.5 Å². The molecule has 1 aromatic carbocycles. The van der Waals surface area contributed by atoms with Gasteiger partial charge in [-0.15, -0.1) is 0 Å². The Hall–Kier alpha value is -1.65. The van der Waals surface area contributed by atoms with E-state index in [1.165, 1.54) is 0 Å². The van der Waals surface area contributed by atoms with E-state index in [9.17, 15) is 13.6 Å². The van der Waals surface area contributed by atoms with Crippen LogP contribution in [0.4, 0.5) is 14.5 Å². The summed E-state index contributed by atoms with van der Waals surface area (Å²) in [6, 6.07) is 1.77. The summed E-state index contributed by atoms with van der Waals surface area (Å²) in [5.74, 6) is -2.14. The van der Waals surface area contributed by atoms with Gasteiger partial charge in [-0.3, -0.25) is 4.79 Å². The number of nitrogens with two attached hydrogens (primary N) is 1. The Balaban J connectivity index is 2.16. The van der Waals surface area contributed by atoms with Gasteiger partial charge in [-0.1, -0.05) is 13.3 Å². The molecule has 0 aromatic heterocycles. The normalized spacial score (nSPS) is 23.1. The van der Waals surface area contributed by atoms with Gasteiger partial charge in [0.15, 0.2) is 11.6 Å². The first kappa shape index (κ1) is 12.8. The van der Waals surface area contributed by atoms with Crippen molar-refractivity contribution in [3.8, 4) is 0 Å². The number of carbonyl (C=O) groups is 1. The molecular weight excluding hydrogens is 238 g/mol. The highest BCUT2D eigenvalue weighted by molar-refractivity contribution is 5.99. The van der Waals surface area contributed by atoms with Crippen molar-refractivity contribution in [2.24, 2.45) is 5.92 Å². The number of hydrogen-bond donors (Lipinski definition) is 2. The van der Waals surface area contributed by atoms with Gasteiger partial charge in [-0.2, -0.15) is 0 Å². The Morgan fingerprint density at radius 2 is 2.00 bits per heavy atom. The van der Waals surface area contributed by atoms with Crippen LogP contribution in [0.5, 0.6) is 0 Å². The predicted molar refractivity (Wildman–Crippen MR) is 65.0 cm³/mol. The second kappa shape index (κ2) is 4.92. The van der Waals surface area contributed by atoms with E-state index >= 15 is 0 Å². The fourth-order valence-corrected chi connectivity index (χ4v) is 2.36. The quantitative estimate of drug-likeness (QED) is 0.796. The smallest absolute Gasteiger partial charge is 0.253 e. The number of anilines is 1. The maximum atomic E-state index is 13.1. The monoisotopic (exact) mass is 254 g/mol. The number of rotatable bonds is 2. The zero-order chi connectivity index (χ0) is 13.3. The third-order valence-electron chi connectivity index (χ3n) is 3.52. The topological polar surface area (TPSA) is 55.1 Å². The molecule has 1 saturated carbocycles. The lowest BCUT2D eigenvalue weighted by Gasteiger charge is -2.18. The highest BCUT2D eigenvalue weighted by Gasteiger charge is 2.26. The van der Waals surface area contributed by atoms with Gasteiger partial charge in [0.05, 0.1) is 5.56 Å². The van der Waals surface area contributed by atoms with E-state index in [0.717, 1.165) is 31.4 Å². The summed E-state index contributed by atoms with van der Waals surface area (Å²) in [5, 5.41) is 2.82. The second-order valence-electron chi connectivity index (χ2n) is 4.84. The van der Waals surface area contributed by atoms with Crippen LogP contribution in [-0.4, -0.2) is 11.9 Å². The van der Waals surface area contributed by atoms with Crippen molar-refractivity contribution >= 4 is 11.6 Å². The Labute approximate surface area is 104 Å². The van der Waals surface area contributed by atoms with Crippen LogP contribution in [0.1, 0.15) is 36.5 Å². The van der Waals surface area contributed by atoms with Crippen LogP contribution < -0.4 is 11.1 Å². The van der Waals surface area contributed by atoms with E-state index in [1.54, 1.807) is 0 Å². The Kier molecular flexibility index (Phi) is 3.50. The van der Waals surface area contributed by atoms with Gasteiger partial charge < -0.3 is 11.1 Å². The third-order valence-corrected chi connectivity index (χ3v) is 3.52. The van der Waals surface area contributed by atoms with Crippen LogP contribution in [0.25, 0.3) is 0 Å². The van der Waals surface area contributed by atoms with Gasteiger partial charge in [0, 0.05) is 17.8 Å². The average molecular weight is 254 g/mol. The van der Waals surface area contributed by atoms with Crippen molar-refractivity contribution in [1.82, 2.24) is 5.32 Å². The van der Waals surface area contributed by atoms with Crippen LogP contribution in [-0.2, 0) is 0 Å². The minimum atomic E-state index is -1.06. The number of benzene rings is 1. The van der Waals surface area contributed by atoms with E-state index in [2.05, 4.69) is 12.2 Å². The lowest BCUT2D eigenvalue weighted by atomic mass is 10.1. The largest absolute Gasteiger partial charge is 0.398 e. The van der Waals surface area contributed by atoms with Gasteiger partial charge in [-0.25, -0.2) is 8.78 Å². The van der Waals surface area contributed by atoms with E-state index in [-0.39, 0.29) is 17.3 Å². The Morgan fingerprint density at radius 1 is 1.33 bits per heavy atom. The van der Waals surface area contributed by atoms with Crippen molar-refractivity contribution in [2.45, 2.75) is 32.2 Å². The van der Waals surface area contributed by atoms with Gasteiger partial charge in [0.1, 0.15) is 0 Å². The SMILES string of the molecule is CC1CCCC1NC(=O)c1cc(F)c(F)cc1N. The number of halogens is 2. The molecule has 1 amide bonds. The fraction of sp³-hybridized carbons (Fsp3) is 0.462. The van der Waals surface area contributed by atoms with Crippen molar-refractivity contribution in [2.75, 3.05) is 5.73 Å². The number of nitrogen functional groups attached to an aromatic ring is 1. The van der Waals surface area contributed by atoms with Crippen molar-refractivity contribution < 1.29 is 13.6 Å². The second-order valence-corrected chi connectivity index (χ2v) is 4.84. The highest BCUT2D eigenvalue weighted by atomic mass is 19.2.